The van der Waals surface area contributed by atoms with Crippen molar-refractivity contribution in [2.75, 3.05) is 13.1 Å². The summed E-state index contributed by atoms with van der Waals surface area (Å²) in [6, 6.07) is 22.9. The molecular formula is C30H32N6. The third-order valence-corrected chi connectivity index (χ3v) is 8.13. The maximum absolute atomic E-state index is 5.00. The van der Waals surface area contributed by atoms with Gasteiger partial charge in [-0.1, -0.05) is 36.4 Å². The second kappa shape index (κ2) is 8.57. The number of fused-ring (bicyclic) bond motifs is 2. The average Bonchev–Trinajstić information content (AvgIpc) is 3.72. The first kappa shape index (κ1) is 21.8. The predicted molar refractivity (Wildman–Crippen MR) is 146 cm³/mol. The van der Waals surface area contributed by atoms with Crippen LogP contribution in [0.15, 0.2) is 60.7 Å². The largest absolute Gasteiger partial charge is 0.330 e. The number of aryl methyl sites for hydroxylation is 2. The Morgan fingerprint density at radius 2 is 1.03 bits per heavy atom. The second-order valence-corrected chi connectivity index (χ2v) is 10.3. The molecule has 36 heavy (non-hydrogen) atoms. The van der Waals surface area contributed by atoms with Gasteiger partial charge in [-0.25, -0.2) is 9.97 Å². The van der Waals surface area contributed by atoms with Crippen LogP contribution in [0.4, 0.5) is 0 Å². The minimum absolute atomic E-state index is 0.368. The molecule has 7 rings (SSSR count). The molecule has 0 bridgehead atoms. The topological polar surface area (TPSA) is 59.7 Å². The van der Waals surface area contributed by atoms with Crippen LogP contribution in [0.3, 0.4) is 0 Å². The molecule has 6 heteroatoms. The van der Waals surface area contributed by atoms with Crippen LogP contribution in [0.5, 0.6) is 0 Å². The van der Waals surface area contributed by atoms with E-state index in [9.17, 15) is 0 Å². The standard InChI is InChI=1S/C30H32N6/c1-35-27-13-11-21(17-25(27)33-29(35)23-5-3-15-31-23)19-7-9-20(10-8-19)22-12-14-28-26(18-22)34-30(36(28)2)24-6-4-16-32-24/h7-14,17-18,23-24,31-32H,3-6,15-16H2,1-2H3/t23-,24-/m0/s1. The van der Waals surface area contributed by atoms with Crippen molar-refractivity contribution < 1.29 is 0 Å². The van der Waals surface area contributed by atoms with Gasteiger partial charge in [-0.2, -0.15) is 0 Å². The van der Waals surface area contributed by atoms with Crippen LogP contribution in [0.1, 0.15) is 49.4 Å². The zero-order chi connectivity index (χ0) is 24.2. The van der Waals surface area contributed by atoms with E-state index in [1.807, 2.05) is 0 Å². The van der Waals surface area contributed by atoms with Crippen molar-refractivity contribution in [1.29, 1.82) is 0 Å². The number of nitrogens with zero attached hydrogens (tertiary/aromatic N) is 4. The van der Waals surface area contributed by atoms with Crippen molar-refractivity contribution in [3.8, 4) is 22.3 Å². The van der Waals surface area contributed by atoms with Crippen molar-refractivity contribution in [2.24, 2.45) is 14.1 Å². The Morgan fingerprint density at radius 3 is 1.42 bits per heavy atom. The highest BCUT2D eigenvalue weighted by Gasteiger charge is 2.23. The lowest BCUT2D eigenvalue weighted by Crippen LogP contribution is -2.16. The summed E-state index contributed by atoms with van der Waals surface area (Å²) in [5.74, 6) is 2.29. The van der Waals surface area contributed by atoms with E-state index < -0.39 is 0 Å². The van der Waals surface area contributed by atoms with E-state index in [0.29, 0.717) is 12.1 Å². The lowest BCUT2D eigenvalue weighted by Gasteiger charge is -2.09. The molecule has 2 fully saturated rings. The Hall–Kier alpha value is -3.48. The normalized spacial score (nSPS) is 20.2. The van der Waals surface area contributed by atoms with Crippen LogP contribution in [-0.4, -0.2) is 32.2 Å². The minimum Gasteiger partial charge on any atom is -0.330 e. The van der Waals surface area contributed by atoms with Gasteiger partial charge in [0.15, 0.2) is 0 Å². The fraction of sp³-hybridized carbons (Fsp3) is 0.333. The first-order chi connectivity index (χ1) is 17.7. The molecule has 2 N–H and O–H groups in total. The molecule has 4 heterocycles. The van der Waals surface area contributed by atoms with Gasteiger partial charge in [0, 0.05) is 14.1 Å². The average molecular weight is 477 g/mol. The monoisotopic (exact) mass is 476 g/mol. The van der Waals surface area contributed by atoms with Crippen LogP contribution in [0.25, 0.3) is 44.3 Å². The number of aromatic nitrogens is 4. The number of nitrogens with one attached hydrogen (secondary N) is 2. The second-order valence-electron chi connectivity index (χ2n) is 10.3. The number of benzene rings is 3. The summed E-state index contributed by atoms with van der Waals surface area (Å²) in [5, 5.41) is 7.16. The Kier molecular flexibility index (Phi) is 5.19. The van der Waals surface area contributed by atoms with Crippen LogP contribution >= 0.6 is 0 Å². The van der Waals surface area contributed by atoms with Crippen molar-refractivity contribution in [3.63, 3.8) is 0 Å². The number of rotatable bonds is 4. The van der Waals surface area contributed by atoms with Crippen LogP contribution in [0, 0.1) is 0 Å². The highest BCUT2D eigenvalue weighted by molar-refractivity contribution is 5.85. The number of imidazole rings is 2. The van der Waals surface area contributed by atoms with Gasteiger partial charge >= 0.3 is 0 Å². The summed E-state index contributed by atoms with van der Waals surface area (Å²) in [6.07, 6.45) is 4.76. The Bertz CT molecular complexity index is 1440. The van der Waals surface area contributed by atoms with Crippen molar-refractivity contribution in [3.05, 3.63) is 72.3 Å². The molecule has 2 aliphatic rings. The maximum atomic E-state index is 5.00. The molecule has 0 amide bonds. The van der Waals surface area contributed by atoms with Crippen molar-refractivity contribution in [1.82, 2.24) is 29.7 Å². The van der Waals surface area contributed by atoms with Gasteiger partial charge in [-0.05, 0) is 85.3 Å². The summed E-state index contributed by atoms with van der Waals surface area (Å²) < 4.78 is 4.49. The van der Waals surface area contributed by atoms with Gasteiger partial charge in [0.05, 0.1) is 34.2 Å². The van der Waals surface area contributed by atoms with Gasteiger partial charge in [0.25, 0.3) is 0 Å². The third-order valence-electron chi connectivity index (χ3n) is 8.13. The summed E-state index contributed by atoms with van der Waals surface area (Å²) in [7, 11) is 4.26. The molecule has 2 aliphatic heterocycles. The fourth-order valence-corrected chi connectivity index (χ4v) is 6.08. The molecule has 2 aromatic heterocycles. The Labute approximate surface area is 211 Å². The number of hydrogen-bond acceptors (Lipinski definition) is 4. The lowest BCUT2D eigenvalue weighted by molar-refractivity contribution is 0.584. The summed E-state index contributed by atoms with van der Waals surface area (Å²) in [6.45, 7) is 2.16. The van der Waals surface area contributed by atoms with E-state index in [1.54, 1.807) is 0 Å². The number of hydrogen-bond donors (Lipinski definition) is 2. The summed E-state index contributed by atoms with van der Waals surface area (Å²) in [4.78, 5) is 10.00. The first-order valence-electron chi connectivity index (χ1n) is 13.2. The SMILES string of the molecule is Cn1c([C@@H]2CCCN2)nc2cc(-c3ccc(-c4ccc5c(c4)nc([C@@H]4CCCN4)n5C)cc3)ccc21. The molecule has 2 atom stereocenters. The van der Waals surface area contributed by atoms with E-state index in [2.05, 4.69) is 94.5 Å². The van der Waals surface area contributed by atoms with E-state index in [-0.39, 0.29) is 0 Å². The molecule has 2 saturated heterocycles. The molecule has 0 spiro atoms. The quantitative estimate of drug-likeness (QED) is 0.352. The lowest BCUT2D eigenvalue weighted by atomic mass is 10.00. The summed E-state index contributed by atoms with van der Waals surface area (Å²) >= 11 is 0. The van der Waals surface area contributed by atoms with Gasteiger partial charge in [-0.3, -0.25) is 0 Å². The Morgan fingerprint density at radius 1 is 0.611 bits per heavy atom. The molecule has 3 aromatic carbocycles. The van der Waals surface area contributed by atoms with E-state index in [4.69, 9.17) is 9.97 Å². The van der Waals surface area contributed by atoms with Gasteiger partial charge < -0.3 is 19.8 Å². The van der Waals surface area contributed by atoms with Crippen LogP contribution in [-0.2, 0) is 14.1 Å². The van der Waals surface area contributed by atoms with Gasteiger partial charge in [-0.15, -0.1) is 0 Å². The minimum atomic E-state index is 0.368. The van der Waals surface area contributed by atoms with E-state index in [1.165, 1.54) is 46.1 Å². The molecule has 6 nitrogen and oxygen atoms in total. The fourth-order valence-electron chi connectivity index (χ4n) is 6.08. The van der Waals surface area contributed by atoms with Crippen LogP contribution < -0.4 is 10.6 Å². The van der Waals surface area contributed by atoms with E-state index >= 15 is 0 Å². The van der Waals surface area contributed by atoms with E-state index in [0.717, 1.165) is 48.6 Å². The highest BCUT2D eigenvalue weighted by Crippen LogP contribution is 2.32. The maximum Gasteiger partial charge on any atom is 0.126 e. The zero-order valence-electron chi connectivity index (χ0n) is 21.0. The molecule has 182 valence electrons. The first-order valence-corrected chi connectivity index (χ1v) is 13.2. The third kappa shape index (κ3) is 3.55. The molecular weight excluding hydrogens is 444 g/mol. The van der Waals surface area contributed by atoms with Crippen molar-refractivity contribution in [2.45, 2.75) is 37.8 Å². The predicted octanol–water partition coefficient (Wildman–Crippen LogP) is 5.64. The Balaban J connectivity index is 1.18. The van der Waals surface area contributed by atoms with Crippen LogP contribution in [0.2, 0.25) is 0 Å². The van der Waals surface area contributed by atoms with Gasteiger partial charge in [0.2, 0.25) is 0 Å². The molecule has 0 saturated carbocycles. The molecule has 0 aliphatic carbocycles. The molecule has 5 aromatic rings. The highest BCUT2D eigenvalue weighted by atomic mass is 15.1. The summed E-state index contributed by atoms with van der Waals surface area (Å²) in [5.41, 5.74) is 9.33. The smallest absolute Gasteiger partial charge is 0.126 e. The molecule has 0 radical (unpaired) electrons. The zero-order valence-corrected chi connectivity index (χ0v) is 21.0. The van der Waals surface area contributed by atoms with Gasteiger partial charge in [0.1, 0.15) is 11.6 Å². The van der Waals surface area contributed by atoms with Crippen molar-refractivity contribution >= 4 is 22.1 Å². The molecule has 0 unspecified atom stereocenters.